The fourth-order valence-electron chi connectivity index (χ4n) is 2.74. The Bertz CT molecular complexity index is 1150. The van der Waals surface area contributed by atoms with Gasteiger partial charge in [0.15, 0.2) is 0 Å². The van der Waals surface area contributed by atoms with E-state index in [-0.39, 0.29) is 11.5 Å². The summed E-state index contributed by atoms with van der Waals surface area (Å²) in [5.41, 5.74) is 4.81. The second kappa shape index (κ2) is 9.86. The summed E-state index contributed by atoms with van der Waals surface area (Å²) in [5.74, 6) is -0.879. The number of rotatable bonds is 6. The van der Waals surface area contributed by atoms with Crippen LogP contribution in [-0.4, -0.2) is 24.6 Å². The van der Waals surface area contributed by atoms with E-state index in [9.17, 15) is 14.0 Å². The number of anilines is 1. The minimum atomic E-state index is -0.473. The van der Waals surface area contributed by atoms with Gasteiger partial charge in [-0.2, -0.15) is 5.10 Å². The fraction of sp³-hybridized carbons (Fsp3) is 0.0870. The predicted molar refractivity (Wildman–Crippen MR) is 118 cm³/mol. The molecule has 3 aromatic carbocycles. The standard InChI is InChI=1S/C23H19ClFN3O3/c1-14(27-28-23(30)20-13-17(24)8-11-21(20)31-2)16-4-3-5-19(12-16)26-22(29)15-6-9-18(25)10-7-15/h3-13H,1-2H3,(H,26,29)(H,28,30). The third kappa shape index (κ3) is 5.67. The molecule has 0 saturated heterocycles. The zero-order chi connectivity index (χ0) is 22.4. The lowest BCUT2D eigenvalue weighted by molar-refractivity contribution is 0.0951. The molecule has 0 bridgehead atoms. The fourth-order valence-corrected chi connectivity index (χ4v) is 2.92. The van der Waals surface area contributed by atoms with Crippen molar-refractivity contribution in [1.82, 2.24) is 5.43 Å². The molecule has 0 heterocycles. The largest absolute Gasteiger partial charge is 0.496 e. The zero-order valence-corrected chi connectivity index (χ0v) is 17.5. The summed E-state index contributed by atoms with van der Waals surface area (Å²) in [6.45, 7) is 1.72. The number of carbonyl (C=O) groups excluding carboxylic acids is 2. The highest BCUT2D eigenvalue weighted by atomic mass is 35.5. The molecule has 0 aromatic heterocycles. The number of hydrogen-bond donors (Lipinski definition) is 2. The number of hydrazone groups is 1. The first kappa shape index (κ1) is 22.0. The van der Waals surface area contributed by atoms with Crippen LogP contribution in [0.3, 0.4) is 0 Å². The SMILES string of the molecule is COc1ccc(Cl)cc1C(=O)NN=C(C)c1cccc(NC(=O)c2ccc(F)cc2)c1. The third-order valence-corrected chi connectivity index (χ3v) is 4.61. The summed E-state index contributed by atoms with van der Waals surface area (Å²) < 4.78 is 18.2. The normalized spacial score (nSPS) is 11.0. The van der Waals surface area contributed by atoms with E-state index in [1.165, 1.54) is 37.4 Å². The molecule has 0 fully saturated rings. The maximum absolute atomic E-state index is 13.0. The first-order chi connectivity index (χ1) is 14.9. The molecule has 31 heavy (non-hydrogen) atoms. The Hall–Kier alpha value is -3.71. The summed E-state index contributed by atoms with van der Waals surface area (Å²) in [5, 5.41) is 7.28. The van der Waals surface area contributed by atoms with Gasteiger partial charge in [0.2, 0.25) is 0 Å². The van der Waals surface area contributed by atoms with Crippen LogP contribution in [0.15, 0.2) is 71.8 Å². The Morgan fingerprint density at radius 1 is 0.968 bits per heavy atom. The minimum absolute atomic E-state index is 0.256. The number of nitrogens with one attached hydrogen (secondary N) is 2. The molecule has 3 aromatic rings. The molecular formula is C23H19ClFN3O3. The Labute approximate surface area is 183 Å². The van der Waals surface area contributed by atoms with Crippen molar-refractivity contribution < 1.29 is 18.7 Å². The van der Waals surface area contributed by atoms with Gasteiger partial charge >= 0.3 is 0 Å². The van der Waals surface area contributed by atoms with E-state index >= 15 is 0 Å². The lowest BCUT2D eigenvalue weighted by Gasteiger charge is -2.09. The molecule has 0 unspecified atom stereocenters. The molecule has 0 atom stereocenters. The third-order valence-electron chi connectivity index (χ3n) is 4.38. The Morgan fingerprint density at radius 3 is 2.42 bits per heavy atom. The predicted octanol–water partition coefficient (Wildman–Crippen LogP) is 4.89. The van der Waals surface area contributed by atoms with Crippen LogP contribution in [0.25, 0.3) is 0 Å². The highest BCUT2D eigenvalue weighted by Gasteiger charge is 2.13. The smallest absolute Gasteiger partial charge is 0.275 e. The minimum Gasteiger partial charge on any atom is -0.496 e. The van der Waals surface area contributed by atoms with Crippen LogP contribution < -0.4 is 15.5 Å². The number of amides is 2. The van der Waals surface area contributed by atoms with Gasteiger partial charge in [-0.25, -0.2) is 9.82 Å². The van der Waals surface area contributed by atoms with Gasteiger partial charge in [0.05, 0.1) is 18.4 Å². The zero-order valence-electron chi connectivity index (χ0n) is 16.8. The first-order valence-corrected chi connectivity index (χ1v) is 9.60. The van der Waals surface area contributed by atoms with E-state index in [0.29, 0.717) is 33.3 Å². The van der Waals surface area contributed by atoms with E-state index in [4.69, 9.17) is 16.3 Å². The summed E-state index contributed by atoms with van der Waals surface area (Å²) in [4.78, 5) is 24.8. The van der Waals surface area contributed by atoms with Crippen LogP contribution in [0.4, 0.5) is 10.1 Å². The van der Waals surface area contributed by atoms with Crippen molar-refractivity contribution >= 4 is 34.8 Å². The molecule has 6 nitrogen and oxygen atoms in total. The molecule has 0 aliphatic heterocycles. The number of hydrogen-bond acceptors (Lipinski definition) is 4. The van der Waals surface area contributed by atoms with Crippen molar-refractivity contribution in [2.24, 2.45) is 5.10 Å². The Morgan fingerprint density at radius 2 is 1.71 bits per heavy atom. The van der Waals surface area contributed by atoms with Crippen LogP contribution in [0.2, 0.25) is 5.02 Å². The maximum atomic E-state index is 13.0. The van der Waals surface area contributed by atoms with Crippen molar-refractivity contribution in [1.29, 1.82) is 0 Å². The topological polar surface area (TPSA) is 79.8 Å². The number of nitrogens with zero attached hydrogens (tertiary/aromatic N) is 1. The molecule has 8 heteroatoms. The molecule has 158 valence electrons. The van der Waals surface area contributed by atoms with E-state index < -0.39 is 11.7 Å². The second-order valence-corrected chi connectivity index (χ2v) is 6.96. The number of halogens is 2. The Kier molecular flexibility index (Phi) is 6.99. The summed E-state index contributed by atoms with van der Waals surface area (Å²) in [6, 6.07) is 16.9. The average Bonchev–Trinajstić information content (AvgIpc) is 2.77. The van der Waals surface area contributed by atoms with Crippen molar-refractivity contribution in [3.05, 3.63) is 94.3 Å². The summed E-state index contributed by atoms with van der Waals surface area (Å²) in [7, 11) is 1.46. The number of carbonyl (C=O) groups is 2. The van der Waals surface area contributed by atoms with Crippen LogP contribution in [0, 0.1) is 5.82 Å². The van der Waals surface area contributed by atoms with Gasteiger partial charge in [-0.05, 0) is 67.1 Å². The number of benzene rings is 3. The molecule has 2 amide bonds. The van der Waals surface area contributed by atoms with Gasteiger partial charge in [0.1, 0.15) is 11.6 Å². The average molecular weight is 440 g/mol. The summed E-state index contributed by atoms with van der Waals surface area (Å²) in [6.07, 6.45) is 0. The van der Waals surface area contributed by atoms with Crippen molar-refractivity contribution in [2.45, 2.75) is 6.92 Å². The number of ether oxygens (including phenoxy) is 1. The summed E-state index contributed by atoms with van der Waals surface area (Å²) >= 11 is 5.96. The van der Waals surface area contributed by atoms with Gasteiger partial charge in [0.25, 0.3) is 11.8 Å². The van der Waals surface area contributed by atoms with E-state index in [1.807, 2.05) is 0 Å². The van der Waals surface area contributed by atoms with Crippen LogP contribution in [-0.2, 0) is 0 Å². The second-order valence-electron chi connectivity index (χ2n) is 6.52. The highest BCUT2D eigenvalue weighted by molar-refractivity contribution is 6.31. The van der Waals surface area contributed by atoms with E-state index in [1.54, 1.807) is 43.3 Å². The molecule has 3 rings (SSSR count). The molecule has 0 radical (unpaired) electrons. The molecule has 0 spiro atoms. The van der Waals surface area contributed by atoms with Crippen LogP contribution in [0.5, 0.6) is 5.75 Å². The molecule has 0 aliphatic carbocycles. The van der Waals surface area contributed by atoms with Gasteiger partial charge in [0, 0.05) is 16.3 Å². The van der Waals surface area contributed by atoms with Crippen molar-refractivity contribution in [3.8, 4) is 5.75 Å². The first-order valence-electron chi connectivity index (χ1n) is 9.23. The molecule has 0 saturated carbocycles. The quantitative estimate of drug-likeness (QED) is 0.423. The molecule has 0 aliphatic rings. The van der Waals surface area contributed by atoms with Gasteiger partial charge in [-0.1, -0.05) is 23.7 Å². The van der Waals surface area contributed by atoms with Crippen LogP contribution >= 0.6 is 11.6 Å². The molecular weight excluding hydrogens is 421 g/mol. The Balaban J connectivity index is 1.72. The van der Waals surface area contributed by atoms with Gasteiger partial charge < -0.3 is 10.1 Å². The van der Waals surface area contributed by atoms with Crippen molar-refractivity contribution in [3.63, 3.8) is 0 Å². The molecule has 2 N–H and O–H groups in total. The lowest BCUT2D eigenvalue weighted by Crippen LogP contribution is -2.20. The van der Waals surface area contributed by atoms with Gasteiger partial charge in [-0.3, -0.25) is 9.59 Å². The van der Waals surface area contributed by atoms with E-state index in [0.717, 1.165) is 0 Å². The monoisotopic (exact) mass is 439 g/mol. The van der Waals surface area contributed by atoms with Gasteiger partial charge in [-0.15, -0.1) is 0 Å². The van der Waals surface area contributed by atoms with Crippen LogP contribution in [0.1, 0.15) is 33.2 Å². The van der Waals surface area contributed by atoms with E-state index in [2.05, 4.69) is 15.8 Å². The maximum Gasteiger partial charge on any atom is 0.275 e. The van der Waals surface area contributed by atoms with Crippen molar-refractivity contribution in [2.75, 3.05) is 12.4 Å². The lowest BCUT2D eigenvalue weighted by atomic mass is 10.1. The number of methoxy groups -OCH3 is 1. The highest BCUT2D eigenvalue weighted by Crippen LogP contribution is 2.22.